The predicted octanol–water partition coefficient (Wildman–Crippen LogP) is 1.05. The molecule has 0 aromatic carbocycles. The first-order valence-corrected chi connectivity index (χ1v) is 6.54. The van der Waals surface area contributed by atoms with Crippen LogP contribution >= 0.6 is 0 Å². The van der Waals surface area contributed by atoms with Crippen LogP contribution in [0.25, 0.3) is 0 Å². The summed E-state index contributed by atoms with van der Waals surface area (Å²) >= 11 is 0. The van der Waals surface area contributed by atoms with Gasteiger partial charge in [-0.15, -0.1) is 0 Å². The SMILES string of the molecule is Cc1cc(C(C)C)n(C2CCN(CC(N)=O)C2)n1. The number of rotatable bonds is 4. The molecule has 18 heavy (non-hydrogen) atoms. The Labute approximate surface area is 108 Å². The third kappa shape index (κ3) is 2.72. The van der Waals surface area contributed by atoms with Crippen LogP contribution in [-0.4, -0.2) is 40.2 Å². The van der Waals surface area contributed by atoms with Crippen LogP contribution in [0.1, 0.15) is 43.6 Å². The van der Waals surface area contributed by atoms with Crippen LogP contribution in [0, 0.1) is 6.92 Å². The minimum Gasteiger partial charge on any atom is -0.369 e. The summed E-state index contributed by atoms with van der Waals surface area (Å²) in [6, 6.07) is 2.52. The number of aryl methyl sites for hydroxylation is 1. The fraction of sp³-hybridized carbons (Fsp3) is 0.692. The van der Waals surface area contributed by atoms with Crippen LogP contribution in [0.5, 0.6) is 0 Å². The van der Waals surface area contributed by atoms with Crippen molar-refractivity contribution >= 4 is 5.91 Å². The molecule has 1 saturated heterocycles. The molecule has 1 aromatic heterocycles. The molecule has 1 unspecified atom stereocenters. The van der Waals surface area contributed by atoms with Crippen molar-refractivity contribution in [3.05, 3.63) is 17.5 Å². The van der Waals surface area contributed by atoms with Crippen molar-refractivity contribution in [1.29, 1.82) is 0 Å². The Morgan fingerprint density at radius 3 is 2.94 bits per heavy atom. The van der Waals surface area contributed by atoms with E-state index in [0.29, 0.717) is 18.5 Å². The first-order valence-electron chi connectivity index (χ1n) is 6.54. The lowest BCUT2D eigenvalue weighted by Gasteiger charge is -2.17. The normalized spacial score (nSPS) is 20.8. The molecule has 0 bridgehead atoms. The largest absolute Gasteiger partial charge is 0.369 e. The van der Waals surface area contributed by atoms with Gasteiger partial charge in [-0.25, -0.2) is 0 Å². The van der Waals surface area contributed by atoms with Gasteiger partial charge in [0.15, 0.2) is 0 Å². The maximum absolute atomic E-state index is 10.9. The summed E-state index contributed by atoms with van der Waals surface area (Å²) in [5, 5.41) is 4.60. The zero-order valence-electron chi connectivity index (χ0n) is 11.4. The number of likely N-dealkylation sites (tertiary alicyclic amines) is 1. The van der Waals surface area contributed by atoms with Gasteiger partial charge in [0, 0.05) is 18.8 Å². The highest BCUT2D eigenvalue weighted by Gasteiger charge is 2.27. The number of carbonyl (C=O) groups excluding carboxylic acids is 1. The van der Waals surface area contributed by atoms with Gasteiger partial charge < -0.3 is 5.73 Å². The zero-order chi connectivity index (χ0) is 13.3. The maximum Gasteiger partial charge on any atom is 0.231 e. The van der Waals surface area contributed by atoms with E-state index in [0.717, 1.165) is 25.2 Å². The van der Waals surface area contributed by atoms with E-state index in [4.69, 9.17) is 5.73 Å². The smallest absolute Gasteiger partial charge is 0.231 e. The number of hydrogen-bond acceptors (Lipinski definition) is 3. The van der Waals surface area contributed by atoms with Crippen molar-refractivity contribution in [2.24, 2.45) is 5.73 Å². The molecule has 5 nitrogen and oxygen atoms in total. The minimum atomic E-state index is -0.253. The minimum absolute atomic E-state index is 0.253. The third-order valence-electron chi connectivity index (χ3n) is 3.45. The first kappa shape index (κ1) is 13.1. The highest BCUT2D eigenvalue weighted by molar-refractivity contribution is 5.75. The van der Waals surface area contributed by atoms with Gasteiger partial charge in [-0.2, -0.15) is 5.10 Å². The van der Waals surface area contributed by atoms with Gasteiger partial charge in [0.25, 0.3) is 0 Å². The van der Waals surface area contributed by atoms with Crippen LogP contribution in [0.2, 0.25) is 0 Å². The summed E-state index contributed by atoms with van der Waals surface area (Å²) in [5.41, 5.74) is 7.57. The monoisotopic (exact) mass is 250 g/mol. The first-order chi connectivity index (χ1) is 8.47. The summed E-state index contributed by atoms with van der Waals surface area (Å²) < 4.78 is 2.14. The molecule has 1 atom stereocenters. The van der Waals surface area contributed by atoms with Crippen LogP contribution in [-0.2, 0) is 4.79 Å². The highest BCUT2D eigenvalue weighted by atomic mass is 16.1. The second kappa shape index (κ2) is 5.10. The molecule has 1 aliphatic rings. The van der Waals surface area contributed by atoms with E-state index in [-0.39, 0.29) is 5.91 Å². The second-order valence-electron chi connectivity index (χ2n) is 5.45. The van der Waals surface area contributed by atoms with Crippen molar-refractivity contribution in [2.75, 3.05) is 19.6 Å². The van der Waals surface area contributed by atoms with Crippen molar-refractivity contribution in [1.82, 2.24) is 14.7 Å². The van der Waals surface area contributed by atoms with Crippen molar-refractivity contribution in [2.45, 2.75) is 39.2 Å². The summed E-state index contributed by atoms with van der Waals surface area (Å²) in [6.07, 6.45) is 1.04. The van der Waals surface area contributed by atoms with Gasteiger partial charge in [0.1, 0.15) is 0 Å². The Kier molecular flexibility index (Phi) is 3.71. The fourth-order valence-electron chi connectivity index (χ4n) is 2.64. The number of aromatic nitrogens is 2. The van der Waals surface area contributed by atoms with Gasteiger partial charge in [-0.3, -0.25) is 14.4 Å². The zero-order valence-corrected chi connectivity index (χ0v) is 11.4. The topological polar surface area (TPSA) is 64.2 Å². The molecule has 1 fully saturated rings. The lowest BCUT2D eigenvalue weighted by atomic mass is 10.1. The Balaban J connectivity index is 2.11. The Morgan fingerprint density at radius 2 is 2.33 bits per heavy atom. The maximum atomic E-state index is 10.9. The highest BCUT2D eigenvalue weighted by Crippen LogP contribution is 2.26. The number of amides is 1. The molecule has 2 rings (SSSR count). The van der Waals surface area contributed by atoms with Gasteiger partial charge in [0.2, 0.25) is 5.91 Å². The van der Waals surface area contributed by atoms with Gasteiger partial charge in [0.05, 0.1) is 18.3 Å². The molecule has 2 heterocycles. The molecule has 100 valence electrons. The Hall–Kier alpha value is -1.36. The van der Waals surface area contributed by atoms with E-state index in [9.17, 15) is 4.79 Å². The molecule has 5 heteroatoms. The summed E-state index contributed by atoms with van der Waals surface area (Å²) in [7, 11) is 0. The van der Waals surface area contributed by atoms with Crippen LogP contribution in [0.4, 0.5) is 0 Å². The van der Waals surface area contributed by atoms with E-state index in [1.54, 1.807) is 0 Å². The molecular formula is C13H22N4O. The number of nitrogens with zero attached hydrogens (tertiary/aromatic N) is 3. The van der Waals surface area contributed by atoms with E-state index in [2.05, 4.69) is 34.6 Å². The van der Waals surface area contributed by atoms with Gasteiger partial charge in [-0.05, 0) is 25.3 Å². The number of nitrogens with two attached hydrogens (primary N) is 1. The van der Waals surface area contributed by atoms with E-state index < -0.39 is 0 Å². The molecule has 1 aliphatic heterocycles. The Bertz CT molecular complexity index is 438. The molecule has 0 radical (unpaired) electrons. The van der Waals surface area contributed by atoms with Crippen molar-refractivity contribution in [3.8, 4) is 0 Å². The molecule has 0 aliphatic carbocycles. The quantitative estimate of drug-likeness (QED) is 0.868. The van der Waals surface area contributed by atoms with Gasteiger partial charge >= 0.3 is 0 Å². The summed E-state index contributed by atoms with van der Waals surface area (Å²) in [5.74, 6) is 0.216. The summed E-state index contributed by atoms with van der Waals surface area (Å²) in [4.78, 5) is 13.0. The predicted molar refractivity (Wildman–Crippen MR) is 70.3 cm³/mol. The van der Waals surface area contributed by atoms with E-state index in [1.807, 2.05) is 6.92 Å². The van der Waals surface area contributed by atoms with Crippen LogP contribution < -0.4 is 5.73 Å². The Morgan fingerprint density at radius 1 is 1.61 bits per heavy atom. The fourth-order valence-corrected chi connectivity index (χ4v) is 2.64. The van der Waals surface area contributed by atoms with Gasteiger partial charge in [-0.1, -0.05) is 13.8 Å². The summed E-state index contributed by atoms with van der Waals surface area (Å²) in [6.45, 7) is 8.53. The van der Waals surface area contributed by atoms with E-state index in [1.165, 1.54) is 5.69 Å². The second-order valence-corrected chi connectivity index (χ2v) is 5.45. The average Bonchev–Trinajstić information content (AvgIpc) is 2.83. The molecule has 1 aromatic rings. The lowest BCUT2D eigenvalue weighted by molar-refractivity contribution is -0.118. The third-order valence-corrected chi connectivity index (χ3v) is 3.45. The van der Waals surface area contributed by atoms with Crippen molar-refractivity contribution < 1.29 is 4.79 Å². The van der Waals surface area contributed by atoms with Crippen LogP contribution in [0.3, 0.4) is 0 Å². The molecule has 1 amide bonds. The number of hydrogen-bond donors (Lipinski definition) is 1. The lowest BCUT2D eigenvalue weighted by Crippen LogP contribution is -2.32. The molecule has 0 spiro atoms. The average molecular weight is 250 g/mol. The molecule has 0 saturated carbocycles. The number of carbonyl (C=O) groups is 1. The number of primary amides is 1. The molecule has 2 N–H and O–H groups in total. The van der Waals surface area contributed by atoms with E-state index >= 15 is 0 Å². The van der Waals surface area contributed by atoms with Crippen LogP contribution in [0.15, 0.2) is 6.07 Å². The van der Waals surface area contributed by atoms with Crippen molar-refractivity contribution in [3.63, 3.8) is 0 Å². The molecular weight excluding hydrogens is 228 g/mol. The standard InChI is InChI=1S/C13H22N4O/c1-9(2)12-6-10(3)15-17(12)11-4-5-16(7-11)8-13(14)18/h6,9,11H,4-5,7-8H2,1-3H3,(H2,14,18).